The third kappa shape index (κ3) is 4.04. The van der Waals surface area contributed by atoms with Crippen LogP contribution in [0.5, 0.6) is 5.75 Å². The van der Waals surface area contributed by atoms with Crippen LogP contribution in [-0.4, -0.2) is 44.9 Å². The first-order chi connectivity index (χ1) is 11.2. The Bertz CT molecular complexity index is 715. The minimum Gasteiger partial charge on any atom is -0.497 e. The van der Waals surface area contributed by atoms with Gasteiger partial charge in [0, 0.05) is 6.04 Å². The number of carbonyl (C=O) groups is 2. The van der Waals surface area contributed by atoms with Gasteiger partial charge in [-0.1, -0.05) is 0 Å². The van der Waals surface area contributed by atoms with Gasteiger partial charge in [-0.25, -0.2) is 8.42 Å². The molecule has 9 heteroatoms. The van der Waals surface area contributed by atoms with Gasteiger partial charge in [0.05, 0.1) is 18.4 Å². The van der Waals surface area contributed by atoms with E-state index >= 15 is 0 Å². The molecule has 2 amide bonds. The Labute approximate surface area is 140 Å². The Balaban J connectivity index is 2.22. The van der Waals surface area contributed by atoms with Crippen LogP contribution in [0.2, 0.25) is 0 Å². The summed E-state index contributed by atoms with van der Waals surface area (Å²) in [7, 11) is -2.34. The molecule has 1 saturated heterocycles. The van der Waals surface area contributed by atoms with Gasteiger partial charge in [0.1, 0.15) is 11.1 Å². The Morgan fingerprint density at radius 2 is 1.92 bits per heavy atom. The van der Waals surface area contributed by atoms with E-state index in [4.69, 9.17) is 4.74 Å². The molecule has 2 rings (SSSR count). The summed E-state index contributed by atoms with van der Waals surface area (Å²) in [5.41, 5.74) is 0. The summed E-state index contributed by atoms with van der Waals surface area (Å²) in [6.07, 6.45) is -1.36. The molecule has 132 valence electrons. The zero-order valence-corrected chi connectivity index (χ0v) is 14.5. The molecule has 2 atom stereocenters. The Kier molecular flexibility index (Phi) is 5.45. The summed E-state index contributed by atoms with van der Waals surface area (Å²) in [5, 5.41) is 6.59. The summed E-state index contributed by atoms with van der Waals surface area (Å²) >= 11 is 0. The standard InChI is InChI=1S/C15H21N3O5S/c1-9(2)16-15(20)14-17-12(19)8-13(18-14)24(21,22)11-6-4-10(23-3)5-7-11/h4-7,9,13-14,18H,8H2,1-3H3,(H,16,20)(H,17,19)/t13?,14-/m1/s1. The van der Waals surface area contributed by atoms with Crippen molar-refractivity contribution in [3.63, 3.8) is 0 Å². The van der Waals surface area contributed by atoms with Gasteiger partial charge in [0.2, 0.25) is 5.91 Å². The highest BCUT2D eigenvalue weighted by molar-refractivity contribution is 7.92. The van der Waals surface area contributed by atoms with Gasteiger partial charge in [0.25, 0.3) is 5.91 Å². The molecule has 8 nitrogen and oxygen atoms in total. The van der Waals surface area contributed by atoms with Crippen molar-refractivity contribution in [3.05, 3.63) is 24.3 Å². The van der Waals surface area contributed by atoms with E-state index in [1.807, 2.05) is 0 Å². The van der Waals surface area contributed by atoms with Crippen molar-refractivity contribution in [3.8, 4) is 5.75 Å². The molecule has 0 spiro atoms. The van der Waals surface area contributed by atoms with Crippen molar-refractivity contribution in [1.29, 1.82) is 0 Å². The Morgan fingerprint density at radius 1 is 1.29 bits per heavy atom. The van der Waals surface area contributed by atoms with E-state index in [1.54, 1.807) is 13.8 Å². The van der Waals surface area contributed by atoms with Crippen molar-refractivity contribution in [1.82, 2.24) is 16.0 Å². The summed E-state index contributed by atoms with van der Waals surface area (Å²) in [5.74, 6) is -0.454. The third-order valence-electron chi connectivity index (χ3n) is 3.48. The average molecular weight is 355 g/mol. The zero-order chi connectivity index (χ0) is 17.9. The van der Waals surface area contributed by atoms with Crippen molar-refractivity contribution < 1.29 is 22.7 Å². The van der Waals surface area contributed by atoms with E-state index in [2.05, 4.69) is 16.0 Å². The minimum atomic E-state index is -3.82. The largest absolute Gasteiger partial charge is 0.497 e. The lowest BCUT2D eigenvalue weighted by atomic mass is 10.2. The van der Waals surface area contributed by atoms with Gasteiger partial charge in [-0.3, -0.25) is 14.9 Å². The number of amides is 2. The number of hydrogen-bond donors (Lipinski definition) is 3. The quantitative estimate of drug-likeness (QED) is 0.671. The van der Waals surface area contributed by atoms with Crippen LogP contribution >= 0.6 is 0 Å². The van der Waals surface area contributed by atoms with E-state index in [1.165, 1.54) is 31.4 Å². The topological polar surface area (TPSA) is 114 Å². The predicted octanol–water partition coefficient (Wildman–Crippen LogP) is -0.245. The highest BCUT2D eigenvalue weighted by Gasteiger charge is 2.38. The van der Waals surface area contributed by atoms with E-state index in [0.717, 1.165) is 0 Å². The molecule has 0 aliphatic carbocycles. The monoisotopic (exact) mass is 355 g/mol. The fourth-order valence-electron chi connectivity index (χ4n) is 2.31. The molecular formula is C15H21N3O5S. The maximum absolute atomic E-state index is 12.7. The molecule has 1 aliphatic heterocycles. The molecule has 1 aromatic carbocycles. The van der Waals surface area contributed by atoms with E-state index in [-0.39, 0.29) is 17.4 Å². The van der Waals surface area contributed by atoms with E-state index in [9.17, 15) is 18.0 Å². The van der Waals surface area contributed by atoms with Gasteiger partial charge >= 0.3 is 0 Å². The summed E-state index contributed by atoms with van der Waals surface area (Å²) in [4.78, 5) is 23.9. The lowest BCUT2D eigenvalue weighted by Crippen LogP contribution is -2.64. The molecule has 1 aromatic rings. The Morgan fingerprint density at radius 3 is 2.46 bits per heavy atom. The number of sulfone groups is 1. The third-order valence-corrected chi connectivity index (χ3v) is 5.47. The Hall–Kier alpha value is -2.13. The summed E-state index contributed by atoms with van der Waals surface area (Å²) in [6, 6.07) is 5.74. The van der Waals surface area contributed by atoms with E-state index < -0.39 is 33.2 Å². The van der Waals surface area contributed by atoms with Crippen LogP contribution < -0.4 is 20.7 Å². The second kappa shape index (κ2) is 7.18. The van der Waals surface area contributed by atoms with Gasteiger partial charge in [-0.15, -0.1) is 0 Å². The highest BCUT2D eigenvalue weighted by Crippen LogP contribution is 2.21. The van der Waals surface area contributed by atoms with Crippen LogP contribution in [0.1, 0.15) is 20.3 Å². The average Bonchev–Trinajstić information content (AvgIpc) is 2.53. The first-order valence-corrected chi connectivity index (χ1v) is 9.02. The highest BCUT2D eigenvalue weighted by atomic mass is 32.2. The van der Waals surface area contributed by atoms with Gasteiger partial charge in [-0.05, 0) is 38.1 Å². The number of carbonyl (C=O) groups excluding carboxylic acids is 2. The minimum absolute atomic E-state index is 0.0542. The van der Waals surface area contributed by atoms with Crippen molar-refractivity contribution in [2.75, 3.05) is 7.11 Å². The summed E-state index contributed by atoms with van der Waals surface area (Å²) < 4.78 is 30.4. The van der Waals surface area contributed by atoms with Gasteiger partial charge in [0.15, 0.2) is 16.0 Å². The van der Waals surface area contributed by atoms with Crippen molar-refractivity contribution >= 4 is 21.7 Å². The number of nitrogens with one attached hydrogen (secondary N) is 3. The number of ether oxygens (including phenoxy) is 1. The normalized spacial score (nSPS) is 21.2. The SMILES string of the molecule is COc1ccc(S(=O)(=O)C2CC(=O)N[C@@H](C(=O)NC(C)C)N2)cc1. The molecule has 1 heterocycles. The number of rotatable bonds is 5. The van der Waals surface area contributed by atoms with Crippen LogP contribution in [0.25, 0.3) is 0 Å². The number of benzene rings is 1. The van der Waals surface area contributed by atoms with Crippen LogP contribution in [0.15, 0.2) is 29.2 Å². The van der Waals surface area contributed by atoms with Crippen LogP contribution in [0, 0.1) is 0 Å². The predicted molar refractivity (Wildman–Crippen MR) is 86.9 cm³/mol. The maximum atomic E-state index is 12.7. The molecule has 0 radical (unpaired) electrons. The van der Waals surface area contributed by atoms with Crippen molar-refractivity contribution in [2.45, 2.75) is 42.7 Å². The molecule has 1 aliphatic rings. The fourth-order valence-corrected chi connectivity index (χ4v) is 3.84. The first kappa shape index (κ1) is 18.2. The zero-order valence-electron chi connectivity index (χ0n) is 13.7. The van der Waals surface area contributed by atoms with Crippen molar-refractivity contribution in [2.24, 2.45) is 0 Å². The van der Waals surface area contributed by atoms with Crippen LogP contribution in [0.4, 0.5) is 0 Å². The molecule has 24 heavy (non-hydrogen) atoms. The first-order valence-electron chi connectivity index (χ1n) is 7.48. The van der Waals surface area contributed by atoms with E-state index in [0.29, 0.717) is 5.75 Å². The molecule has 0 saturated carbocycles. The summed E-state index contributed by atoms with van der Waals surface area (Å²) in [6.45, 7) is 3.54. The molecule has 1 unspecified atom stereocenters. The second-order valence-electron chi connectivity index (χ2n) is 5.74. The molecular weight excluding hydrogens is 334 g/mol. The molecule has 0 bridgehead atoms. The smallest absolute Gasteiger partial charge is 0.257 e. The number of hydrogen-bond acceptors (Lipinski definition) is 6. The van der Waals surface area contributed by atoms with Gasteiger partial charge < -0.3 is 15.4 Å². The second-order valence-corrected chi connectivity index (χ2v) is 7.87. The lowest BCUT2D eigenvalue weighted by Gasteiger charge is -2.30. The van der Waals surface area contributed by atoms with Crippen LogP contribution in [0.3, 0.4) is 0 Å². The maximum Gasteiger partial charge on any atom is 0.257 e. The molecule has 0 aromatic heterocycles. The number of methoxy groups -OCH3 is 1. The molecule has 3 N–H and O–H groups in total. The lowest BCUT2D eigenvalue weighted by molar-refractivity contribution is -0.132. The fraction of sp³-hybridized carbons (Fsp3) is 0.467. The van der Waals surface area contributed by atoms with Gasteiger partial charge in [-0.2, -0.15) is 0 Å². The molecule has 1 fully saturated rings. The van der Waals surface area contributed by atoms with Crippen LogP contribution in [-0.2, 0) is 19.4 Å².